The van der Waals surface area contributed by atoms with E-state index in [0.29, 0.717) is 0 Å². The number of carbonyl (C=O) groups is 3. The van der Waals surface area contributed by atoms with E-state index in [0.717, 1.165) is 28.5 Å². The van der Waals surface area contributed by atoms with E-state index < -0.39 is 18.0 Å². The van der Waals surface area contributed by atoms with Gasteiger partial charge in [0.05, 0.1) is 13.1 Å². The predicted molar refractivity (Wildman–Crippen MR) is 116 cm³/mol. The van der Waals surface area contributed by atoms with Crippen molar-refractivity contribution in [2.45, 2.75) is 12.5 Å². The number of carboxylic acid groups (broad SMARTS) is 1. The van der Waals surface area contributed by atoms with Gasteiger partial charge >= 0.3 is 12.1 Å². The monoisotopic (exact) mass is 445 g/mol. The molecule has 3 aromatic rings. The minimum atomic E-state index is -1.29. The van der Waals surface area contributed by atoms with Crippen LogP contribution < -0.4 is 10.6 Å². The van der Waals surface area contributed by atoms with Crippen LogP contribution in [0.1, 0.15) is 33.1 Å². The van der Waals surface area contributed by atoms with Gasteiger partial charge in [-0.1, -0.05) is 59.6 Å². The minimum absolute atomic E-state index is 0.0662. The van der Waals surface area contributed by atoms with Gasteiger partial charge in [0, 0.05) is 11.8 Å². The molecule has 3 N–H and O–H groups in total. The number of hydrogen-bond acceptors (Lipinski definition) is 6. The van der Waals surface area contributed by atoms with Crippen molar-refractivity contribution >= 4 is 18.0 Å². The Morgan fingerprint density at radius 1 is 1.03 bits per heavy atom. The van der Waals surface area contributed by atoms with Crippen LogP contribution >= 0.6 is 0 Å². The lowest BCUT2D eigenvalue weighted by molar-refractivity contribution is -0.130. The highest BCUT2D eigenvalue weighted by atomic mass is 16.5. The maximum Gasteiger partial charge on any atom is 0.407 e. The fourth-order valence-electron chi connectivity index (χ4n) is 3.72. The van der Waals surface area contributed by atoms with Gasteiger partial charge in [0.2, 0.25) is 0 Å². The quantitative estimate of drug-likeness (QED) is 0.497. The summed E-state index contributed by atoms with van der Waals surface area (Å²) in [6.45, 7) is -0.0828. The van der Waals surface area contributed by atoms with E-state index in [1.807, 2.05) is 42.3 Å². The van der Waals surface area contributed by atoms with Gasteiger partial charge in [-0.05, 0) is 22.3 Å². The molecule has 1 aliphatic carbocycles. The summed E-state index contributed by atoms with van der Waals surface area (Å²) in [4.78, 5) is 34.9. The van der Waals surface area contributed by atoms with Crippen LogP contribution in [0.15, 0.2) is 59.3 Å². The van der Waals surface area contributed by atoms with Crippen LogP contribution in [0.2, 0.25) is 0 Å². The van der Waals surface area contributed by atoms with Crippen molar-refractivity contribution in [1.29, 1.82) is 0 Å². The van der Waals surface area contributed by atoms with E-state index in [9.17, 15) is 14.4 Å². The highest BCUT2D eigenvalue weighted by Crippen LogP contribution is 2.44. The molecule has 0 atom stereocenters. The third kappa shape index (κ3) is 4.85. The molecule has 166 valence electrons. The van der Waals surface area contributed by atoms with Crippen LogP contribution in [0.3, 0.4) is 0 Å². The van der Waals surface area contributed by atoms with E-state index in [1.54, 1.807) is 0 Å². The van der Waals surface area contributed by atoms with Crippen molar-refractivity contribution in [3.63, 3.8) is 0 Å². The van der Waals surface area contributed by atoms with Gasteiger partial charge in [-0.2, -0.15) is 0 Å². The van der Waals surface area contributed by atoms with Crippen molar-refractivity contribution in [1.82, 2.24) is 15.8 Å². The molecule has 1 aromatic heterocycles. The number of ether oxygens (including phenoxy) is 1. The maximum absolute atomic E-state index is 12.3. The van der Waals surface area contributed by atoms with Crippen LogP contribution in [0, 0.1) is 11.8 Å². The zero-order chi connectivity index (χ0) is 23.2. The highest BCUT2D eigenvalue weighted by molar-refractivity contribution is 5.95. The Bertz CT molecular complexity index is 1220. The number of carboxylic acids is 1. The smallest absolute Gasteiger partial charge is 0.407 e. The Morgan fingerprint density at radius 2 is 1.70 bits per heavy atom. The summed E-state index contributed by atoms with van der Waals surface area (Å²) in [5, 5.41) is 17.2. The minimum Gasteiger partial charge on any atom is -0.472 e. The molecule has 0 spiro atoms. The Labute approximate surface area is 188 Å². The van der Waals surface area contributed by atoms with Crippen molar-refractivity contribution in [2.75, 3.05) is 13.2 Å². The highest BCUT2D eigenvalue weighted by Gasteiger charge is 2.29. The molecule has 0 bridgehead atoms. The topological polar surface area (TPSA) is 131 Å². The third-order valence-electron chi connectivity index (χ3n) is 5.17. The zero-order valence-electron chi connectivity index (χ0n) is 17.3. The second-order valence-corrected chi connectivity index (χ2v) is 7.14. The summed E-state index contributed by atoms with van der Waals surface area (Å²) in [5.41, 5.74) is 4.78. The summed E-state index contributed by atoms with van der Waals surface area (Å²) < 4.78 is 10.3. The molecule has 9 nitrogen and oxygen atoms in total. The first kappa shape index (κ1) is 21.6. The molecule has 9 heteroatoms. The number of carbonyl (C=O) groups excluding carboxylic acids is 2. The number of nitrogens with zero attached hydrogens (tertiary/aromatic N) is 1. The zero-order valence-corrected chi connectivity index (χ0v) is 17.3. The number of nitrogens with one attached hydrogen (secondary N) is 2. The molecule has 2 aromatic carbocycles. The summed E-state index contributed by atoms with van der Waals surface area (Å²) in [6, 6.07) is 16.1. The molecule has 0 radical (unpaired) electrons. The summed E-state index contributed by atoms with van der Waals surface area (Å²) in [5.74, 6) is 2.26. The number of hydrogen-bond donors (Lipinski definition) is 3. The maximum atomic E-state index is 12.3. The number of rotatable bonds is 6. The first-order chi connectivity index (χ1) is 16.0. The number of amides is 2. The van der Waals surface area contributed by atoms with Crippen LogP contribution in [-0.2, 0) is 16.1 Å². The molecular weight excluding hydrogens is 426 g/mol. The number of fused-ring (bicyclic) bond motifs is 3. The fourth-order valence-corrected chi connectivity index (χ4v) is 3.72. The van der Waals surface area contributed by atoms with Crippen molar-refractivity contribution < 1.29 is 28.8 Å². The van der Waals surface area contributed by atoms with Crippen LogP contribution in [0.4, 0.5) is 4.79 Å². The standard InChI is InChI=1S/C24H19N3O6/c28-22(29)10-5-11-25-23(30)20-14-33-27-21(20)12-26-24(31)32-13-19-17-8-3-1-6-15(17)16-7-2-4-9-18(16)19/h1-4,6-9,14,19H,11-13H2,(H,25,30)(H,26,31)(H,28,29). The average Bonchev–Trinajstić information content (AvgIpc) is 3.42. The molecule has 1 heterocycles. The second-order valence-electron chi connectivity index (χ2n) is 7.14. The molecule has 2 amide bonds. The van der Waals surface area contributed by atoms with E-state index >= 15 is 0 Å². The summed E-state index contributed by atoms with van der Waals surface area (Å²) in [6.07, 6.45) is 0.480. The van der Waals surface area contributed by atoms with E-state index in [4.69, 9.17) is 14.4 Å². The number of aliphatic carboxylic acids is 1. The number of aromatic nitrogens is 1. The Kier molecular flexibility index (Phi) is 6.36. The largest absolute Gasteiger partial charge is 0.472 e. The summed E-state index contributed by atoms with van der Waals surface area (Å²) >= 11 is 0. The first-order valence-electron chi connectivity index (χ1n) is 10.1. The molecule has 0 fully saturated rings. The number of alkyl carbamates (subject to hydrolysis) is 1. The van der Waals surface area contributed by atoms with Gasteiger partial charge < -0.3 is 25.0 Å². The average molecular weight is 445 g/mol. The molecular formula is C24H19N3O6. The second kappa shape index (κ2) is 9.70. The number of benzene rings is 2. The fraction of sp³-hybridized carbons (Fsp3) is 0.167. The molecule has 0 saturated heterocycles. The third-order valence-corrected chi connectivity index (χ3v) is 5.17. The van der Waals surface area contributed by atoms with Gasteiger partial charge in [0.15, 0.2) is 0 Å². The first-order valence-corrected chi connectivity index (χ1v) is 10.1. The Morgan fingerprint density at radius 3 is 2.36 bits per heavy atom. The summed E-state index contributed by atoms with van der Waals surface area (Å²) in [7, 11) is 0. The Hall–Kier alpha value is -4.58. The molecule has 0 unspecified atom stereocenters. The SMILES string of the molecule is O=C(O)C#CCNC(=O)c1conc1CNC(=O)OCC1c2ccccc2-c2ccccc21. The van der Waals surface area contributed by atoms with E-state index in [1.165, 1.54) is 0 Å². The van der Waals surface area contributed by atoms with Gasteiger partial charge in [0.1, 0.15) is 24.1 Å². The molecule has 33 heavy (non-hydrogen) atoms. The van der Waals surface area contributed by atoms with Gasteiger partial charge in [-0.15, -0.1) is 0 Å². The van der Waals surface area contributed by atoms with Crippen LogP contribution in [0.25, 0.3) is 11.1 Å². The van der Waals surface area contributed by atoms with Gasteiger partial charge in [-0.25, -0.2) is 9.59 Å². The van der Waals surface area contributed by atoms with Gasteiger partial charge in [0.25, 0.3) is 5.91 Å². The lowest BCUT2D eigenvalue weighted by Crippen LogP contribution is -2.28. The molecule has 1 aliphatic rings. The van der Waals surface area contributed by atoms with Gasteiger partial charge in [-0.3, -0.25) is 4.79 Å². The van der Waals surface area contributed by atoms with E-state index in [2.05, 4.69) is 33.8 Å². The lowest BCUT2D eigenvalue weighted by atomic mass is 9.98. The molecule has 0 saturated carbocycles. The van der Waals surface area contributed by atoms with Crippen molar-refractivity contribution in [3.05, 3.63) is 77.2 Å². The predicted octanol–water partition coefficient (Wildman–Crippen LogP) is 2.53. The van der Waals surface area contributed by atoms with Crippen molar-refractivity contribution in [2.24, 2.45) is 0 Å². The Balaban J connectivity index is 1.33. The van der Waals surface area contributed by atoms with E-state index in [-0.39, 0.29) is 36.9 Å². The lowest BCUT2D eigenvalue weighted by Gasteiger charge is -2.14. The van der Waals surface area contributed by atoms with Crippen LogP contribution in [-0.4, -0.2) is 41.4 Å². The normalized spacial score (nSPS) is 11.5. The van der Waals surface area contributed by atoms with Crippen molar-refractivity contribution in [3.8, 4) is 23.0 Å². The molecule has 4 rings (SSSR count). The molecule has 0 aliphatic heterocycles. The van der Waals surface area contributed by atoms with Crippen LogP contribution in [0.5, 0.6) is 0 Å².